The Balaban J connectivity index is 1.62. The van der Waals surface area contributed by atoms with E-state index in [1.165, 1.54) is 38.2 Å². The molecule has 25 heavy (non-hydrogen) atoms. The maximum Gasteiger partial charge on any atom is 0.331 e. The molecule has 0 aromatic carbocycles. The molecule has 0 spiro atoms. The van der Waals surface area contributed by atoms with Crippen LogP contribution >= 0.6 is 0 Å². The molecule has 134 valence electrons. The fourth-order valence-electron chi connectivity index (χ4n) is 7.06. The third kappa shape index (κ3) is 2.35. The summed E-state index contributed by atoms with van der Waals surface area (Å²) in [7, 11) is 0. The highest BCUT2D eigenvalue weighted by atomic mass is 16.6. The van der Waals surface area contributed by atoms with Gasteiger partial charge in [-0.1, -0.05) is 31.6 Å². The summed E-state index contributed by atoms with van der Waals surface area (Å²) in [5.74, 6) is 6.50. The van der Waals surface area contributed by atoms with Gasteiger partial charge in [0.1, 0.15) is 0 Å². The molecule has 2 nitrogen and oxygen atoms in total. The largest absolute Gasteiger partial charge is 0.442 e. The molecule has 0 aliphatic heterocycles. The third-order valence-electron chi connectivity index (χ3n) is 8.33. The molecule has 2 heteroatoms. The fourth-order valence-corrected chi connectivity index (χ4v) is 7.06. The molecule has 0 N–H and O–H groups in total. The van der Waals surface area contributed by atoms with Crippen LogP contribution in [0.5, 0.6) is 0 Å². The third-order valence-corrected chi connectivity index (χ3v) is 8.33. The molecule has 4 aliphatic rings. The van der Waals surface area contributed by atoms with Gasteiger partial charge in [-0.05, 0) is 81.0 Å². The van der Waals surface area contributed by atoms with E-state index >= 15 is 0 Å². The molecule has 1 unspecified atom stereocenters. The summed E-state index contributed by atoms with van der Waals surface area (Å²) in [5, 5.41) is 0. The van der Waals surface area contributed by atoms with Crippen molar-refractivity contribution in [2.45, 2.75) is 63.9 Å². The average Bonchev–Trinajstić information content (AvgIpc) is 2.94. The maximum atomic E-state index is 12.0. The Hall–Kier alpha value is -1.49. The minimum absolute atomic E-state index is 0.0844. The van der Waals surface area contributed by atoms with Gasteiger partial charge >= 0.3 is 5.97 Å². The molecule has 0 aromatic rings. The number of hydrogen-bond acceptors (Lipinski definition) is 2. The van der Waals surface area contributed by atoms with E-state index in [1.807, 2.05) is 0 Å². The van der Waals surface area contributed by atoms with Crippen molar-refractivity contribution in [3.05, 3.63) is 24.8 Å². The van der Waals surface area contributed by atoms with Crippen molar-refractivity contribution in [3.8, 4) is 12.3 Å². The van der Waals surface area contributed by atoms with Crippen LogP contribution < -0.4 is 0 Å². The predicted molar refractivity (Wildman–Crippen MR) is 99.5 cm³/mol. The number of carbonyl (C=O) groups is 1. The van der Waals surface area contributed by atoms with Crippen LogP contribution in [-0.4, -0.2) is 11.6 Å². The first-order valence-corrected chi connectivity index (χ1v) is 10.0. The number of rotatable bonds is 2. The number of esters is 1. The van der Waals surface area contributed by atoms with Crippen LogP contribution in [0.25, 0.3) is 0 Å². The molecule has 7 atom stereocenters. The van der Waals surface area contributed by atoms with E-state index in [-0.39, 0.29) is 11.4 Å². The van der Waals surface area contributed by atoms with Gasteiger partial charge in [-0.15, -0.1) is 6.42 Å². The van der Waals surface area contributed by atoms with Crippen molar-refractivity contribution in [1.29, 1.82) is 0 Å². The van der Waals surface area contributed by atoms with E-state index in [0.29, 0.717) is 5.92 Å². The van der Waals surface area contributed by atoms with Crippen LogP contribution in [0.2, 0.25) is 0 Å². The van der Waals surface area contributed by atoms with E-state index in [1.54, 1.807) is 0 Å². The lowest BCUT2D eigenvalue weighted by Crippen LogP contribution is -2.54. The van der Waals surface area contributed by atoms with Crippen LogP contribution in [0.3, 0.4) is 0 Å². The molecule has 3 saturated carbocycles. The lowest BCUT2D eigenvalue weighted by atomic mass is 9.49. The molecule has 4 rings (SSSR count). The number of hydrogen-bond donors (Lipinski definition) is 0. The van der Waals surface area contributed by atoms with Crippen LogP contribution in [-0.2, 0) is 9.53 Å². The number of terminal acetylenes is 1. The van der Waals surface area contributed by atoms with Crippen molar-refractivity contribution < 1.29 is 9.53 Å². The van der Waals surface area contributed by atoms with E-state index in [2.05, 4.69) is 31.6 Å². The summed E-state index contributed by atoms with van der Waals surface area (Å²) < 4.78 is 5.85. The van der Waals surface area contributed by atoms with E-state index < -0.39 is 5.60 Å². The normalized spacial score (nSPS) is 47.8. The Labute approximate surface area is 152 Å². The van der Waals surface area contributed by atoms with Crippen LogP contribution in [0.1, 0.15) is 58.3 Å². The molecule has 0 saturated heterocycles. The molecule has 0 amide bonds. The summed E-state index contributed by atoms with van der Waals surface area (Å²) >= 11 is 0. The average molecular weight is 338 g/mol. The Morgan fingerprint density at radius 3 is 2.72 bits per heavy atom. The van der Waals surface area contributed by atoms with Gasteiger partial charge in [0, 0.05) is 11.5 Å². The van der Waals surface area contributed by atoms with E-state index in [0.717, 1.165) is 42.9 Å². The Bertz CT molecular complexity index is 641. The van der Waals surface area contributed by atoms with E-state index in [4.69, 9.17) is 11.2 Å². The zero-order valence-corrected chi connectivity index (χ0v) is 15.4. The lowest BCUT2D eigenvalue weighted by Gasteiger charge is -2.56. The first kappa shape index (κ1) is 17.0. The summed E-state index contributed by atoms with van der Waals surface area (Å²) in [6.45, 7) is 5.85. The highest BCUT2D eigenvalue weighted by molar-refractivity contribution is 5.82. The minimum Gasteiger partial charge on any atom is -0.442 e. The predicted octanol–water partition coefficient (Wildman–Crippen LogP) is 4.91. The standard InChI is InChI=1S/C23H30O2/c1-4-21(24)25-23(5-2)15-13-20-19-11-10-16-8-6-7-9-17(16)18(19)12-14-22(20,23)3/h2,4,6-7,16-20H,1,8-15H2,3H3/t16?,17-,18+,19+,20-,22-,23-/m0/s1. The molecular weight excluding hydrogens is 308 g/mol. The molecule has 0 bridgehead atoms. The molecule has 0 heterocycles. The second-order valence-electron chi connectivity index (χ2n) is 8.97. The number of ether oxygens (including phenoxy) is 1. The van der Waals surface area contributed by atoms with Gasteiger partial charge in [-0.25, -0.2) is 4.79 Å². The van der Waals surface area contributed by atoms with Gasteiger partial charge in [0.25, 0.3) is 0 Å². The summed E-state index contributed by atoms with van der Waals surface area (Å²) in [6, 6.07) is 0. The topological polar surface area (TPSA) is 26.3 Å². The number of allylic oxidation sites excluding steroid dienone is 2. The monoisotopic (exact) mass is 338 g/mol. The zero-order chi connectivity index (χ0) is 17.7. The van der Waals surface area contributed by atoms with Crippen LogP contribution in [0, 0.1) is 47.3 Å². The van der Waals surface area contributed by atoms with Gasteiger partial charge in [0.05, 0.1) is 0 Å². The summed E-state index contributed by atoms with van der Waals surface area (Å²) in [6.07, 6.45) is 21.5. The first-order valence-electron chi connectivity index (χ1n) is 10.0. The Kier molecular flexibility index (Phi) is 4.10. The second-order valence-corrected chi connectivity index (χ2v) is 8.97. The van der Waals surface area contributed by atoms with Gasteiger partial charge in [0.15, 0.2) is 5.60 Å². The van der Waals surface area contributed by atoms with Gasteiger partial charge in [0.2, 0.25) is 0 Å². The molecular formula is C23H30O2. The Morgan fingerprint density at radius 2 is 1.96 bits per heavy atom. The van der Waals surface area contributed by atoms with Crippen molar-refractivity contribution >= 4 is 5.97 Å². The lowest BCUT2D eigenvalue weighted by molar-refractivity contribution is -0.165. The zero-order valence-electron chi connectivity index (χ0n) is 15.4. The smallest absolute Gasteiger partial charge is 0.331 e. The summed E-state index contributed by atoms with van der Waals surface area (Å²) in [5.41, 5.74) is -0.823. The van der Waals surface area contributed by atoms with Crippen molar-refractivity contribution in [1.82, 2.24) is 0 Å². The van der Waals surface area contributed by atoms with Gasteiger partial charge in [-0.2, -0.15) is 0 Å². The maximum absolute atomic E-state index is 12.0. The highest BCUT2D eigenvalue weighted by Crippen LogP contribution is 2.65. The summed E-state index contributed by atoms with van der Waals surface area (Å²) in [4.78, 5) is 12.0. The highest BCUT2D eigenvalue weighted by Gasteiger charge is 2.64. The number of fused-ring (bicyclic) bond motifs is 5. The van der Waals surface area contributed by atoms with Crippen molar-refractivity contribution in [2.24, 2.45) is 35.0 Å². The Morgan fingerprint density at radius 1 is 1.16 bits per heavy atom. The second kappa shape index (κ2) is 6.04. The number of carbonyl (C=O) groups excluding carboxylic acids is 1. The van der Waals surface area contributed by atoms with Crippen LogP contribution in [0.15, 0.2) is 24.8 Å². The molecule has 4 aliphatic carbocycles. The quantitative estimate of drug-likeness (QED) is 0.310. The molecule has 0 radical (unpaired) electrons. The molecule has 0 aromatic heterocycles. The van der Waals surface area contributed by atoms with E-state index in [9.17, 15) is 4.79 Å². The van der Waals surface area contributed by atoms with Crippen LogP contribution in [0.4, 0.5) is 0 Å². The van der Waals surface area contributed by atoms with Gasteiger partial charge < -0.3 is 4.74 Å². The fraction of sp³-hybridized carbons (Fsp3) is 0.696. The SMILES string of the molecule is C#C[C@]1(OC(=O)C=C)CC[C@H]2[C@@H]3CCC4CC=CC[C@@H]4[C@H]3CC[C@@]21C. The molecule has 3 fully saturated rings. The van der Waals surface area contributed by atoms with Crippen molar-refractivity contribution in [3.63, 3.8) is 0 Å². The van der Waals surface area contributed by atoms with Gasteiger partial charge in [-0.3, -0.25) is 0 Å². The first-order chi connectivity index (χ1) is 12.0. The van der Waals surface area contributed by atoms with Crippen molar-refractivity contribution in [2.75, 3.05) is 0 Å². The minimum atomic E-state index is -0.739.